The van der Waals surface area contributed by atoms with Gasteiger partial charge in [-0.2, -0.15) is 0 Å². The van der Waals surface area contributed by atoms with E-state index in [1.165, 1.54) is 15.3 Å². The minimum atomic E-state index is -0.0142. The molecule has 0 unspecified atom stereocenters. The van der Waals surface area contributed by atoms with E-state index < -0.39 is 0 Å². The first-order valence-electron chi connectivity index (χ1n) is 9.76. The Morgan fingerprint density at radius 3 is 2.52 bits per heavy atom. The van der Waals surface area contributed by atoms with Gasteiger partial charge in [0.25, 0.3) is 0 Å². The predicted octanol–water partition coefficient (Wildman–Crippen LogP) is 5.33. The highest BCUT2D eigenvalue weighted by atomic mass is 32.1. The number of hydrogen-bond donors (Lipinski definition) is 0. The molecule has 0 saturated carbocycles. The number of hydrogen-bond acceptors (Lipinski definition) is 5. The number of aryl methyl sites for hydroxylation is 1. The van der Waals surface area contributed by atoms with E-state index in [0.29, 0.717) is 30.1 Å². The molecule has 3 heterocycles. The van der Waals surface area contributed by atoms with E-state index in [-0.39, 0.29) is 5.43 Å². The lowest BCUT2D eigenvalue weighted by Gasteiger charge is -2.27. The number of benzene rings is 2. The lowest BCUT2D eigenvalue weighted by molar-refractivity contribution is 0.121. The molecule has 1 aliphatic heterocycles. The fourth-order valence-electron chi connectivity index (χ4n) is 3.76. The maximum atomic E-state index is 12.8. The van der Waals surface area contributed by atoms with Crippen LogP contribution in [-0.2, 0) is 4.74 Å². The van der Waals surface area contributed by atoms with Crippen LogP contribution in [0.4, 0.5) is 5.88 Å². The number of thiophene rings is 1. The molecule has 2 aromatic carbocycles. The first kappa shape index (κ1) is 18.2. The monoisotopic (exact) mass is 403 g/mol. The zero-order chi connectivity index (χ0) is 19.8. The summed E-state index contributed by atoms with van der Waals surface area (Å²) in [4.78, 5) is 17.4. The Kier molecular flexibility index (Phi) is 4.70. The van der Waals surface area contributed by atoms with Crippen LogP contribution in [0.15, 0.2) is 69.9 Å². The summed E-state index contributed by atoms with van der Waals surface area (Å²) in [6.07, 6.45) is 0. The van der Waals surface area contributed by atoms with Gasteiger partial charge in [0.1, 0.15) is 5.58 Å². The number of morpholine rings is 1. The second-order valence-electron chi connectivity index (χ2n) is 7.22. The summed E-state index contributed by atoms with van der Waals surface area (Å²) < 4.78 is 11.7. The van der Waals surface area contributed by atoms with Crippen molar-refractivity contribution < 1.29 is 9.15 Å². The second kappa shape index (κ2) is 7.50. The molecule has 0 N–H and O–H groups in total. The van der Waals surface area contributed by atoms with E-state index in [4.69, 9.17) is 9.15 Å². The van der Waals surface area contributed by atoms with Gasteiger partial charge in [-0.05, 0) is 42.3 Å². The van der Waals surface area contributed by atoms with Gasteiger partial charge >= 0.3 is 0 Å². The molecule has 146 valence electrons. The van der Waals surface area contributed by atoms with Crippen molar-refractivity contribution in [1.82, 2.24) is 0 Å². The molecule has 4 aromatic rings. The first-order chi connectivity index (χ1) is 14.2. The quantitative estimate of drug-likeness (QED) is 0.463. The van der Waals surface area contributed by atoms with Crippen LogP contribution in [0.5, 0.6) is 0 Å². The zero-order valence-electron chi connectivity index (χ0n) is 16.2. The van der Waals surface area contributed by atoms with Crippen molar-refractivity contribution in [2.75, 3.05) is 31.2 Å². The van der Waals surface area contributed by atoms with Gasteiger partial charge in [0.15, 0.2) is 11.3 Å². The van der Waals surface area contributed by atoms with Crippen LogP contribution in [0.3, 0.4) is 0 Å². The summed E-state index contributed by atoms with van der Waals surface area (Å²) in [6, 6.07) is 20.1. The Labute approximate surface area is 173 Å². The molecule has 1 saturated heterocycles. The minimum Gasteiger partial charge on any atom is -0.440 e. The lowest BCUT2D eigenvalue weighted by Crippen LogP contribution is -2.36. The summed E-state index contributed by atoms with van der Waals surface area (Å²) in [5, 5.41) is 0.608. The molecule has 0 aliphatic carbocycles. The molecule has 4 nitrogen and oxygen atoms in total. The van der Waals surface area contributed by atoms with Gasteiger partial charge in [-0.25, -0.2) is 0 Å². The highest BCUT2D eigenvalue weighted by Crippen LogP contribution is 2.34. The largest absolute Gasteiger partial charge is 0.440 e. The molecule has 0 radical (unpaired) electrons. The molecular formula is C24H21NO3S. The van der Waals surface area contributed by atoms with Crippen LogP contribution < -0.4 is 10.3 Å². The molecule has 0 atom stereocenters. The number of nitrogens with zero attached hydrogens (tertiary/aromatic N) is 1. The average molecular weight is 404 g/mol. The number of rotatable bonds is 3. The highest BCUT2D eigenvalue weighted by Gasteiger charge is 2.17. The third-order valence-electron chi connectivity index (χ3n) is 5.26. The van der Waals surface area contributed by atoms with E-state index in [1.807, 2.05) is 18.2 Å². The Balaban J connectivity index is 1.65. The third-order valence-corrected chi connectivity index (χ3v) is 6.31. The molecule has 0 bridgehead atoms. The van der Waals surface area contributed by atoms with Crippen molar-refractivity contribution in [1.29, 1.82) is 0 Å². The summed E-state index contributed by atoms with van der Waals surface area (Å²) >= 11 is 1.78. The maximum absolute atomic E-state index is 12.8. The molecule has 1 fully saturated rings. The van der Waals surface area contributed by atoms with Crippen molar-refractivity contribution in [2.24, 2.45) is 0 Å². The number of para-hydroxylation sites is 1. The number of ether oxygens (including phenoxy) is 1. The van der Waals surface area contributed by atoms with Crippen LogP contribution in [0.2, 0.25) is 0 Å². The van der Waals surface area contributed by atoms with Gasteiger partial charge in [0.2, 0.25) is 0 Å². The molecule has 5 rings (SSSR count). The summed E-state index contributed by atoms with van der Waals surface area (Å²) in [6.45, 7) is 4.86. The minimum absolute atomic E-state index is 0.0142. The Morgan fingerprint density at radius 2 is 1.72 bits per heavy atom. The van der Waals surface area contributed by atoms with E-state index in [9.17, 15) is 4.79 Å². The molecule has 0 spiro atoms. The van der Waals surface area contributed by atoms with Gasteiger partial charge < -0.3 is 14.1 Å². The van der Waals surface area contributed by atoms with Gasteiger partial charge in [-0.3, -0.25) is 4.79 Å². The third kappa shape index (κ3) is 3.48. The second-order valence-corrected chi connectivity index (χ2v) is 8.51. The predicted molar refractivity (Wildman–Crippen MR) is 119 cm³/mol. The summed E-state index contributed by atoms with van der Waals surface area (Å²) in [5.41, 5.74) is 3.77. The number of fused-ring (bicyclic) bond motifs is 1. The molecule has 29 heavy (non-hydrogen) atoms. The van der Waals surface area contributed by atoms with Crippen LogP contribution in [0, 0.1) is 6.92 Å². The zero-order valence-corrected chi connectivity index (χ0v) is 17.0. The molecule has 5 heteroatoms. The Hall–Kier alpha value is -2.89. The molecule has 0 amide bonds. The van der Waals surface area contributed by atoms with Crippen molar-refractivity contribution in [3.63, 3.8) is 0 Å². The Bertz CT molecular complexity index is 1230. The van der Waals surface area contributed by atoms with Gasteiger partial charge in [-0.15, -0.1) is 11.3 Å². The Morgan fingerprint density at radius 1 is 0.931 bits per heavy atom. The van der Waals surface area contributed by atoms with E-state index >= 15 is 0 Å². The lowest BCUT2D eigenvalue weighted by atomic mass is 10.00. The van der Waals surface area contributed by atoms with Crippen LogP contribution in [-0.4, -0.2) is 26.3 Å². The smallest absolute Gasteiger partial charge is 0.200 e. The summed E-state index contributed by atoms with van der Waals surface area (Å²) in [7, 11) is 0. The van der Waals surface area contributed by atoms with Crippen molar-refractivity contribution >= 4 is 28.2 Å². The van der Waals surface area contributed by atoms with Gasteiger partial charge in [-0.1, -0.05) is 30.3 Å². The van der Waals surface area contributed by atoms with E-state index in [1.54, 1.807) is 17.4 Å². The molecular weight excluding hydrogens is 382 g/mol. The molecule has 2 aromatic heterocycles. The maximum Gasteiger partial charge on any atom is 0.200 e. The normalized spacial score (nSPS) is 14.4. The van der Waals surface area contributed by atoms with Gasteiger partial charge in [0.05, 0.1) is 18.6 Å². The van der Waals surface area contributed by atoms with Crippen LogP contribution in [0.25, 0.3) is 32.5 Å². The standard InChI is InChI=1S/C24H21NO3S/c1-16-8-9-22(29-16)18-5-2-4-17(14-18)19-6-3-7-20-21(26)15-23(28-24(19)20)25-10-12-27-13-11-25/h2-9,14-15H,10-13H2,1H3. The first-order valence-corrected chi connectivity index (χ1v) is 10.6. The van der Waals surface area contributed by atoms with Crippen molar-refractivity contribution in [3.8, 4) is 21.6 Å². The SMILES string of the molecule is Cc1ccc(-c2cccc(-c3cccc4c(=O)cc(N5CCOCC5)oc34)c2)s1. The van der Waals surface area contributed by atoms with E-state index in [2.05, 4.69) is 48.2 Å². The van der Waals surface area contributed by atoms with Crippen molar-refractivity contribution in [3.05, 3.63) is 75.8 Å². The fourth-order valence-corrected chi connectivity index (χ4v) is 4.63. The highest BCUT2D eigenvalue weighted by molar-refractivity contribution is 7.15. The van der Waals surface area contributed by atoms with Crippen LogP contribution >= 0.6 is 11.3 Å². The topological polar surface area (TPSA) is 42.7 Å². The van der Waals surface area contributed by atoms with E-state index in [0.717, 1.165) is 24.2 Å². The average Bonchev–Trinajstić information content (AvgIpc) is 3.20. The fraction of sp³-hybridized carbons (Fsp3) is 0.208. The van der Waals surface area contributed by atoms with Crippen molar-refractivity contribution in [2.45, 2.75) is 6.92 Å². The van der Waals surface area contributed by atoms with Crippen LogP contribution in [0.1, 0.15) is 4.88 Å². The molecule has 1 aliphatic rings. The summed E-state index contributed by atoms with van der Waals surface area (Å²) in [5.74, 6) is 0.614. The van der Waals surface area contributed by atoms with Gasteiger partial charge in [0, 0.05) is 34.5 Å². The number of anilines is 1.